The number of hydrogen-bond acceptors (Lipinski definition) is 1. The molecule has 0 radical (unpaired) electrons. The van der Waals surface area contributed by atoms with Crippen LogP contribution in [0.15, 0.2) is 30.4 Å². The number of Topliss-reactive ketones (excluding diaryl/α,β-unsaturated/α-hetero) is 1. The maximum Gasteiger partial charge on any atom is 0.168 e. The van der Waals surface area contributed by atoms with Gasteiger partial charge < -0.3 is 0 Å². The molecule has 0 bridgehead atoms. The van der Waals surface area contributed by atoms with Crippen LogP contribution in [0.3, 0.4) is 0 Å². The van der Waals surface area contributed by atoms with Crippen molar-refractivity contribution in [1.82, 2.24) is 0 Å². The largest absolute Gasteiger partial charge is 0.294 e. The fourth-order valence-electron chi connectivity index (χ4n) is 1.29. The molecule has 0 aliphatic heterocycles. The number of carbonyl (C=O) groups is 1. The van der Waals surface area contributed by atoms with Gasteiger partial charge >= 0.3 is 0 Å². The number of aryl methyl sites for hydroxylation is 1. The Hall–Kier alpha value is -1.08. The quantitative estimate of drug-likeness (QED) is 0.552. The van der Waals surface area contributed by atoms with Gasteiger partial charge in [0.05, 0.1) is 5.02 Å². The average molecular weight is 223 g/mol. The Morgan fingerprint density at radius 1 is 1.47 bits per heavy atom. The maximum absolute atomic E-state index is 11.8. The van der Waals surface area contributed by atoms with Crippen LogP contribution >= 0.6 is 11.6 Å². The molecule has 0 aliphatic carbocycles. The van der Waals surface area contributed by atoms with Gasteiger partial charge in [0, 0.05) is 12.0 Å². The zero-order valence-electron chi connectivity index (χ0n) is 9.14. The van der Waals surface area contributed by atoms with Crippen molar-refractivity contribution < 1.29 is 4.79 Å². The Morgan fingerprint density at radius 3 is 2.67 bits per heavy atom. The number of hydrogen-bond donors (Lipinski definition) is 0. The highest BCUT2D eigenvalue weighted by atomic mass is 35.5. The standard InChI is InChI=1S/C13H15ClO/c1-4-9(2)8-13(15)11-6-5-10(3)7-12(11)14/h5-7H,2,4,8H2,1,3H3. The zero-order chi connectivity index (χ0) is 11.4. The molecular formula is C13H15ClO. The van der Waals surface area contributed by atoms with Crippen molar-refractivity contribution in [3.8, 4) is 0 Å². The van der Waals surface area contributed by atoms with Crippen molar-refractivity contribution >= 4 is 17.4 Å². The van der Waals surface area contributed by atoms with Crippen molar-refractivity contribution in [2.45, 2.75) is 26.7 Å². The van der Waals surface area contributed by atoms with Crippen molar-refractivity contribution in [2.24, 2.45) is 0 Å². The van der Waals surface area contributed by atoms with E-state index in [4.69, 9.17) is 11.6 Å². The van der Waals surface area contributed by atoms with E-state index in [-0.39, 0.29) is 5.78 Å². The van der Waals surface area contributed by atoms with Crippen LogP contribution < -0.4 is 0 Å². The van der Waals surface area contributed by atoms with E-state index in [0.717, 1.165) is 17.6 Å². The zero-order valence-corrected chi connectivity index (χ0v) is 9.90. The summed E-state index contributed by atoms with van der Waals surface area (Å²) < 4.78 is 0. The molecule has 1 aromatic carbocycles. The van der Waals surface area contributed by atoms with Crippen LogP contribution in [-0.4, -0.2) is 5.78 Å². The molecule has 0 fully saturated rings. The van der Waals surface area contributed by atoms with Gasteiger partial charge in [0.1, 0.15) is 0 Å². The molecule has 0 aromatic heterocycles. The molecular weight excluding hydrogens is 208 g/mol. The molecule has 80 valence electrons. The first-order chi connectivity index (χ1) is 7.04. The molecule has 1 nitrogen and oxygen atoms in total. The molecule has 0 N–H and O–H groups in total. The van der Waals surface area contributed by atoms with Gasteiger partial charge in [-0.1, -0.05) is 36.7 Å². The summed E-state index contributed by atoms with van der Waals surface area (Å²) in [5.74, 6) is 0.0480. The Morgan fingerprint density at radius 2 is 2.13 bits per heavy atom. The predicted octanol–water partition coefficient (Wildman–Crippen LogP) is 4.19. The molecule has 0 atom stereocenters. The number of ketones is 1. The summed E-state index contributed by atoms with van der Waals surface area (Å²) >= 11 is 6.00. The van der Waals surface area contributed by atoms with Gasteiger partial charge in [0.2, 0.25) is 0 Å². The van der Waals surface area contributed by atoms with Crippen molar-refractivity contribution in [3.05, 3.63) is 46.5 Å². The summed E-state index contributed by atoms with van der Waals surface area (Å²) in [7, 11) is 0. The highest BCUT2D eigenvalue weighted by Crippen LogP contribution is 2.20. The van der Waals surface area contributed by atoms with Gasteiger partial charge in [-0.2, -0.15) is 0 Å². The predicted molar refractivity (Wildman–Crippen MR) is 64.6 cm³/mol. The van der Waals surface area contributed by atoms with Crippen LogP contribution in [0, 0.1) is 6.92 Å². The molecule has 15 heavy (non-hydrogen) atoms. The summed E-state index contributed by atoms with van der Waals surface area (Å²) in [5.41, 5.74) is 2.60. The van der Waals surface area contributed by atoms with E-state index >= 15 is 0 Å². The van der Waals surface area contributed by atoms with Gasteiger partial charge in [-0.15, -0.1) is 0 Å². The van der Waals surface area contributed by atoms with Crippen LogP contribution in [0.4, 0.5) is 0 Å². The number of carbonyl (C=O) groups excluding carboxylic acids is 1. The fourth-order valence-corrected chi connectivity index (χ4v) is 1.63. The average Bonchev–Trinajstić information content (AvgIpc) is 2.17. The maximum atomic E-state index is 11.8. The van der Waals surface area contributed by atoms with Crippen LogP contribution in [0.25, 0.3) is 0 Å². The topological polar surface area (TPSA) is 17.1 Å². The lowest BCUT2D eigenvalue weighted by Gasteiger charge is -2.05. The smallest absolute Gasteiger partial charge is 0.168 e. The fraction of sp³-hybridized carbons (Fsp3) is 0.308. The highest BCUT2D eigenvalue weighted by molar-refractivity contribution is 6.34. The number of halogens is 1. The molecule has 0 amide bonds. The van der Waals surface area contributed by atoms with E-state index in [1.807, 2.05) is 26.0 Å². The van der Waals surface area contributed by atoms with Gasteiger partial charge in [0.25, 0.3) is 0 Å². The van der Waals surface area contributed by atoms with Crippen molar-refractivity contribution in [1.29, 1.82) is 0 Å². The van der Waals surface area contributed by atoms with Gasteiger partial charge in [-0.3, -0.25) is 4.79 Å². The van der Waals surface area contributed by atoms with Crippen LogP contribution in [-0.2, 0) is 0 Å². The Balaban J connectivity index is 2.87. The van der Waals surface area contributed by atoms with Crippen LogP contribution in [0.1, 0.15) is 35.7 Å². The molecule has 0 unspecified atom stereocenters. The first kappa shape index (κ1) is 12.0. The van der Waals surface area contributed by atoms with Gasteiger partial charge in [-0.05, 0) is 31.0 Å². The SMILES string of the molecule is C=C(CC)CC(=O)c1ccc(C)cc1Cl. The summed E-state index contributed by atoms with van der Waals surface area (Å²) in [6, 6.07) is 5.49. The van der Waals surface area contributed by atoms with Crippen molar-refractivity contribution in [2.75, 3.05) is 0 Å². The molecule has 2 heteroatoms. The van der Waals surface area contributed by atoms with E-state index in [1.165, 1.54) is 0 Å². The Labute approximate surface area is 95.8 Å². The van der Waals surface area contributed by atoms with Crippen LogP contribution in [0.5, 0.6) is 0 Å². The second-order valence-corrected chi connectivity index (χ2v) is 4.09. The third kappa shape index (κ3) is 3.21. The molecule has 0 spiro atoms. The van der Waals surface area contributed by atoms with Crippen molar-refractivity contribution in [3.63, 3.8) is 0 Å². The number of allylic oxidation sites excluding steroid dienone is 1. The van der Waals surface area contributed by atoms with Gasteiger partial charge in [0.15, 0.2) is 5.78 Å². The lowest BCUT2D eigenvalue weighted by atomic mass is 10.0. The minimum absolute atomic E-state index is 0.0480. The number of benzene rings is 1. The minimum atomic E-state index is 0.0480. The van der Waals surface area contributed by atoms with Gasteiger partial charge in [-0.25, -0.2) is 0 Å². The monoisotopic (exact) mass is 222 g/mol. The lowest BCUT2D eigenvalue weighted by Crippen LogP contribution is -2.01. The second kappa shape index (κ2) is 5.13. The van der Waals surface area contributed by atoms with E-state index in [1.54, 1.807) is 6.07 Å². The molecule has 1 aromatic rings. The third-order valence-corrected chi connectivity index (χ3v) is 2.65. The normalized spacial score (nSPS) is 10.1. The molecule has 0 aliphatic rings. The summed E-state index contributed by atoms with van der Waals surface area (Å²) in [5, 5.41) is 0.531. The third-order valence-electron chi connectivity index (χ3n) is 2.34. The van der Waals surface area contributed by atoms with E-state index in [9.17, 15) is 4.79 Å². The van der Waals surface area contributed by atoms with E-state index < -0.39 is 0 Å². The number of rotatable bonds is 4. The minimum Gasteiger partial charge on any atom is -0.294 e. The summed E-state index contributed by atoms with van der Waals surface area (Å²) in [6.07, 6.45) is 1.22. The first-order valence-electron chi connectivity index (χ1n) is 5.00. The molecule has 1 rings (SSSR count). The first-order valence-corrected chi connectivity index (χ1v) is 5.38. The highest BCUT2D eigenvalue weighted by Gasteiger charge is 2.10. The lowest BCUT2D eigenvalue weighted by molar-refractivity contribution is 0.0992. The summed E-state index contributed by atoms with van der Waals surface area (Å²) in [6.45, 7) is 7.76. The molecule has 0 saturated carbocycles. The Bertz CT molecular complexity index is 394. The second-order valence-electron chi connectivity index (χ2n) is 3.69. The Kier molecular flexibility index (Phi) is 4.10. The van der Waals surface area contributed by atoms with E-state index in [0.29, 0.717) is 17.0 Å². The molecule has 0 heterocycles. The van der Waals surface area contributed by atoms with Crippen LogP contribution in [0.2, 0.25) is 5.02 Å². The molecule has 0 saturated heterocycles. The van der Waals surface area contributed by atoms with E-state index in [2.05, 4.69) is 6.58 Å². The summed E-state index contributed by atoms with van der Waals surface area (Å²) in [4.78, 5) is 11.8.